The van der Waals surface area contributed by atoms with Crippen molar-refractivity contribution in [3.05, 3.63) is 22.7 Å². The zero-order valence-electron chi connectivity index (χ0n) is 11.6. The average molecular weight is 308 g/mol. The molecule has 3 aliphatic rings. The maximum Gasteiger partial charge on any atom is 0.0882 e. The number of rotatable bonds is 4. The molecule has 5 heteroatoms. The molecule has 4 rings (SSSR count). The summed E-state index contributed by atoms with van der Waals surface area (Å²) in [6.45, 7) is 6.18. The van der Waals surface area contributed by atoms with Crippen molar-refractivity contribution < 1.29 is 4.74 Å². The molecule has 1 saturated carbocycles. The summed E-state index contributed by atoms with van der Waals surface area (Å²) in [5, 5.41) is 2.21. The molecule has 20 heavy (non-hydrogen) atoms. The Morgan fingerprint density at radius 3 is 2.90 bits per heavy atom. The monoisotopic (exact) mass is 308 g/mol. The predicted molar refractivity (Wildman–Crippen MR) is 84.8 cm³/mol. The van der Waals surface area contributed by atoms with E-state index in [4.69, 9.17) is 4.74 Å². The molecule has 108 valence electrons. The molecule has 1 aliphatic carbocycles. The van der Waals surface area contributed by atoms with E-state index in [1.165, 1.54) is 34.9 Å². The molecule has 0 N–H and O–H groups in total. The first-order valence-corrected chi connectivity index (χ1v) is 9.07. The third kappa shape index (κ3) is 2.91. The van der Waals surface area contributed by atoms with E-state index in [-0.39, 0.29) is 0 Å². The highest BCUT2D eigenvalue weighted by atomic mass is 32.2. The van der Waals surface area contributed by atoms with Crippen LogP contribution in [-0.2, 0) is 4.74 Å². The number of nitrogens with zero attached hydrogens (tertiary/aromatic N) is 2. The van der Waals surface area contributed by atoms with Crippen molar-refractivity contribution in [3.8, 4) is 0 Å². The van der Waals surface area contributed by atoms with Crippen LogP contribution in [0.5, 0.6) is 0 Å². The fraction of sp³-hybridized carbons (Fsp3) is 0.600. The van der Waals surface area contributed by atoms with Crippen LogP contribution >= 0.6 is 23.3 Å². The molecule has 0 amide bonds. The number of ether oxygens (including phenoxy) is 1. The summed E-state index contributed by atoms with van der Waals surface area (Å²) in [4.78, 5) is 2.52. The van der Waals surface area contributed by atoms with E-state index < -0.39 is 0 Å². The van der Waals surface area contributed by atoms with E-state index in [0.717, 1.165) is 38.8 Å². The zero-order chi connectivity index (χ0) is 13.4. The van der Waals surface area contributed by atoms with Gasteiger partial charge < -0.3 is 9.04 Å². The van der Waals surface area contributed by atoms with E-state index in [1.807, 2.05) is 23.3 Å². The van der Waals surface area contributed by atoms with Gasteiger partial charge in [-0.25, -0.2) is 0 Å². The summed E-state index contributed by atoms with van der Waals surface area (Å²) < 4.78 is 9.46. The molecule has 1 aromatic heterocycles. The van der Waals surface area contributed by atoms with Gasteiger partial charge in [0, 0.05) is 37.4 Å². The second kappa shape index (κ2) is 5.72. The van der Waals surface area contributed by atoms with Crippen LogP contribution in [0.3, 0.4) is 0 Å². The van der Waals surface area contributed by atoms with Crippen LogP contribution in [-0.4, -0.2) is 48.6 Å². The Hall–Kier alpha value is -0.490. The minimum atomic E-state index is 0.882. The minimum Gasteiger partial charge on any atom is -0.379 e. The molecule has 1 aromatic rings. The van der Waals surface area contributed by atoms with Crippen LogP contribution in [0, 0.1) is 5.92 Å². The van der Waals surface area contributed by atoms with E-state index in [1.54, 1.807) is 0 Å². The van der Waals surface area contributed by atoms with Crippen molar-refractivity contribution >= 4 is 29.4 Å². The van der Waals surface area contributed by atoms with Crippen LogP contribution < -0.4 is 0 Å². The predicted octanol–water partition coefficient (Wildman–Crippen LogP) is 3.15. The molecule has 1 saturated heterocycles. The molecule has 0 aromatic carbocycles. The standard InChI is InChI=1S/C15H20N2OS2/c1-2-12(1)10-17-14(11-16-4-6-18-7-5-16)9-13-3-8-19-15(13)20-17/h3,8-9,12H,1-2,4-7,10-11H2. The lowest BCUT2D eigenvalue weighted by atomic mass is 10.2. The lowest BCUT2D eigenvalue weighted by Crippen LogP contribution is -2.39. The van der Waals surface area contributed by atoms with Crippen molar-refractivity contribution in [1.29, 1.82) is 0 Å². The van der Waals surface area contributed by atoms with Crippen LogP contribution in [0.15, 0.2) is 21.4 Å². The number of morpholine rings is 1. The van der Waals surface area contributed by atoms with Gasteiger partial charge in [-0.1, -0.05) is 0 Å². The Morgan fingerprint density at radius 2 is 2.10 bits per heavy atom. The van der Waals surface area contributed by atoms with Gasteiger partial charge in [-0.3, -0.25) is 4.90 Å². The summed E-state index contributed by atoms with van der Waals surface area (Å²) >= 11 is 3.82. The fourth-order valence-corrected chi connectivity index (χ4v) is 4.85. The molecule has 2 fully saturated rings. The highest BCUT2D eigenvalue weighted by Gasteiger charge is 2.29. The number of thiophene rings is 1. The van der Waals surface area contributed by atoms with Crippen molar-refractivity contribution in [2.45, 2.75) is 17.1 Å². The van der Waals surface area contributed by atoms with Crippen molar-refractivity contribution in [2.24, 2.45) is 5.92 Å². The topological polar surface area (TPSA) is 15.7 Å². The van der Waals surface area contributed by atoms with Crippen LogP contribution in [0.2, 0.25) is 0 Å². The van der Waals surface area contributed by atoms with Crippen molar-refractivity contribution in [1.82, 2.24) is 9.21 Å². The first kappa shape index (κ1) is 13.2. The first-order valence-electron chi connectivity index (χ1n) is 7.42. The van der Waals surface area contributed by atoms with E-state index in [0.29, 0.717) is 0 Å². The maximum absolute atomic E-state index is 5.46. The average Bonchev–Trinajstić information content (AvgIpc) is 3.17. The van der Waals surface area contributed by atoms with E-state index in [9.17, 15) is 0 Å². The Morgan fingerprint density at radius 1 is 1.25 bits per heavy atom. The van der Waals surface area contributed by atoms with Crippen molar-refractivity contribution in [3.63, 3.8) is 0 Å². The van der Waals surface area contributed by atoms with E-state index >= 15 is 0 Å². The summed E-state index contributed by atoms with van der Waals surface area (Å²) in [6, 6.07) is 2.25. The third-order valence-corrected chi connectivity index (χ3v) is 6.34. The molecule has 0 atom stereocenters. The molecule has 3 nitrogen and oxygen atoms in total. The summed E-state index contributed by atoms with van der Waals surface area (Å²) in [5.41, 5.74) is 2.89. The van der Waals surface area contributed by atoms with Gasteiger partial charge in [0.25, 0.3) is 0 Å². The van der Waals surface area contributed by atoms with Gasteiger partial charge in [-0.15, -0.1) is 11.3 Å². The third-order valence-electron chi connectivity index (χ3n) is 4.10. The van der Waals surface area contributed by atoms with Crippen molar-refractivity contribution in [2.75, 3.05) is 39.4 Å². The largest absolute Gasteiger partial charge is 0.379 e. The molecule has 3 heterocycles. The summed E-state index contributed by atoms with van der Waals surface area (Å²) in [7, 11) is 0. The molecule has 0 spiro atoms. The Kier molecular flexibility index (Phi) is 3.77. The number of hydrogen-bond acceptors (Lipinski definition) is 5. The molecule has 0 radical (unpaired) electrons. The minimum absolute atomic E-state index is 0.882. The fourth-order valence-electron chi connectivity index (χ4n) is 2.70. The summed E-state index contributed by atoms with van der Waals surface area (Å²) in [5.74, 6) is 0.928. The molecule has 2 aliphatic heterocycles. The lowest BCUT2D eigenvalue weighted by molar-refractivity contribution is 0.0407. The number of hydrogen-bond donors (Lipinski definition) is 0. The van der Waals surface area contributed by atoms with Crippen LogP contribution in [0.4, 0.5) is 0 Å². The van der Waals surface area contributed by atoms with Gasteiger partial charge in [-0.2, -0.15) is 0 Å². The second-order valence-electron chi connectivity index (χ2n) is 5.78. The Bertz CT molecular complexity index is 504. The Balaban J connectivity index is 1.52. The van der Waals surface area contributed by atoms with Gasteiger partial charge in [-0.05, 0) is 48.2 Å². The van der Waals surface area contributed by atoms with Gasteiger partial charge >= 0.3 is 0 Å². The highest BCUT2D eigenvalue weighted by molar-refractivity contribution is 7.99. The maximum atomic E-state index is 5.46. The first-order chi connectivity index (χ1) is 9.88. The number of fused-ring (bicyclic) bond motifs is 1. The highest BCUT2D eigenvalue weighted by Crippen LogP contribution is 2.42. The van der Waals surface area contributed by atoms with Crippen LogP contribution in [0.25, 0.3) is 6.08 Å². The normalized spacial score (nSPS) is 23.6. The molecule has 0 unspecified atom stereocenters. The quantitative estimate of drug-likeness (QED) is 0.794. The smallest absolute Gasteiger partial charge is 0.0882 e. The molecular formula is C15H20N2OS2. The molecule has 0 bridgehead atoms. The van der Waals surface area contributed by atoms with Gasteiger partial charge in [0.15, 0.2) is 0 Å². The van der Waals surface area contributed by atoms with E-state index in [2.05, 4.69) is 26.7 Å². The van der Waals surface area contributed by atoms with Gasteiger partial charge in [0.05, 0.1) is 17.4 Å². The SMILES string of the molecule is C1=C(CN2CCOCC2)N(CC2CC2)Sc2sccc21. The molecular weight excluding hydrogens is 288 g/mol. The van der Waals surface area contributed by atoms with Crippen LogP contribution in [0.1, 0.15) is 18.4 Å². The van der Waals surface area contributed by atoms with Gasteiger partial charge in [0.1, 0.15) is 0 Å². The second-order valence-corrected chi connectivity index (χ2v) is 7.99. The Labute approximate surface area is 128 Å². The zero-order valence-corrected chi connectivity index (χ0v) is 13.2. The summed E-state index contributed by atoms with van der Waals surface area (Å²) in [6.07, 6.45) is 5.23. The lowest BCUT2D eigenvalue weighted by Gasteiger charge is -2.34. The van der Waals surface area contributed by atoms with Gasteiger partial charge in [0.2, 0.25) is 0 Å².